The Morgan fingerprint density at radius 2 is 1.14 bits per heavy atom. The first-order chi connectivity index (χ1) is 13.5. The van der Waals surface area contributed by atoms with Crippen molar-refractivity contribution in [3.63, 3.8) is 0 Å². The largest absolute Gasteiger partial charge is 0.741 e. The molecule has 3 aliphatic rings. The third-order valence-corrected chi connectivity index (χ3v) is 11.3. The summed E-state index contributed by atoms with van der Waals surface area (Å²) in [4.78, 5) is 0.961. The summed E-state index contributed by atoms with van der Waals surface area (Å²) in [6.07, 6.45) is 19.0. The van der Waals surface area contributed by atoms with Crippen molar-refractivity contribution in [2.45, 2.75) is 111 Å². The summed E-state index contributed by atoms with van der Waals surface area (Å²) in [6.45, 7) is 5.63. The normalized spacial score (nSPS) is 21.7. The average molecular weight is 549 g/mol. The predicted molar refractivity (Wildman–Crippen MR) is 109 cm³/mol. The van der Waals surface area contributed by atoms with Gasteiger partial charge in [0.1, 0.15) is 0 Å². The van der Waals surface area contributed by atoms with Gasteiger partial charge < -0.3 is 4.55 Å². The summed E-state index contributed by atoms with van der Waals surface area (Å²) < 4.78 is 58.9. The first kappa shape index (κ1) is 27.6. The van der Waals surface area contributed by atoms with Gasteiger partial charge in [0.25, 0.3) is 0 Å². The van der Waals surface area contributed by atoms with Crippen molar-refractivity contribution >= 4 is 18.0 Å². The molecule has 3 rings (SSSR count). The van der Waals surface area contributed by atoms with Crippen molar-refractivity contribution in [2.24, 2.45) is 0 Å². The summed E-state index contributed by atoms with van der Waals surface area (Å²) in [5.74, 6) is 0. The Morgan fingerprint density at radius 1 is 0.931 bits per heavy atom. The smallest absolute Gasteiger partial charge is 0.485 e. The van der Waals surface area contributed by atoms with E-state index in [-0.39, 0.29) is 0 Å². The van der Waals surface area contributed by atoms with Crippen LogP contribution in [0.15, 0.2) is 12.2 Å². The van der Waals surface area contributed by atoms with Crippen LogP contribution in [0.1, 0.15) is 84.0 Å². The molecule has 0 heterocycles. The molecule has 3 fully saturated rings. The van der Waals surface area contributed by atoms with Crippen LogP contribution >= 0.6 is 7.92 Å². The molecule has 3 aliphatic carbocycles. The summed E-state index contributed by atoms with van der Waals surface area (Å²) in [6, 6.07) is 0. The molecule has 3 nitrogen and oxygen atoms in total. The zero-order chi connectivity index (χ0) is 22.1. The zero-order valence-electron chi connectivity index (χ0n) is 17.2. The molecule has 0 atom stereocenters. The van der Waals surface area contributed by atoms with Crippen LogP contribution in [-0.4, -0.2) is 35.5 Å². The Kier molecular flexibility index (Phi) is 12.5. The third-order valence-electron chi connectivity index (χ3n) is 5.71. The quantitative estimate of drug-likeness (QED) is 0.127. The molecule has 0 saturated heterocycles. The molecule has 0 aromatic carbocycles. The van der Waals surface area contributed by atoms with Crippen LogP contribution in [-0.2, 0) is 29.3 Å². The fourth-order valence-corrected chi connectivity index (χ4v) is 9.17. The van der Waals surface area contributed by atoms with E-state index in [4.69, 9.17) is 13.0 Å². The van der Waals surface area contributed by atoms with Gasteiger partial charge in [-0.15, -0.1) is 0 Å². The molecule has 9 heteroatoms. The minimum Gasteiger partial charge on any atom is -0.741 e. The maximum Gasteiger partial charge on any atom is 0.485 e. The number of allylic oxidation sites excluding steroid dienone is 1. The van der Waals surface area contributed by atoms with E-state index in [1.165, 1.54) is 22.6 Å². The van der Waals surface area contributed by atoms with Crippen LogP contribution in [0.4, 0.5) is 13.2 Å². The van der Waals surface area contributed by atoms with Gasteiger partial charge in [0.05, 0.1) is 0 Å². The molecule has 0 aliphatic heterocycles. The molecule has 0 N–H and O–H groups in total. The van der Waals surface area contributed by atoms with E-state index in [0.29, 0.717) is 7.92 Å². The van der Waals surface area contributed by atoms with E-state index in [2.05, 4.69) is 25.8 Å². The van der Waals surface area contributed by atoms with Gasteiger partial charge >= 0.3 is 48.7 Å². The molecule has 0 unspecified atom stereocenters. The first-order valence-corrected chi connectivity index (χ1v) is 14.5. The Balaban J connectivity index is 0.000000273. The van der Waals surface area contributed by atoms with Gasteiger partial charge in [0.2, 0.25) is 0 Å². The van der Waals surface area contributed by atoms with Gasteiger partial charge in [-0.2, -0.15) is 13.2 Å². The summed E-state index contributed by atoms with van der Waals surface area (Å²) >= 11 is 2.99. The van der Waals surface area contributed by atoms with Gasteiger partial charge in [-0.05, 0) is 55.5 Å². The van der Waals surface area contributed by atoms with Crippen molar-refractivity contribution in [1.82, 2.24) is 0 Å². The fraction of sp³-hybridized carbons (Fsp3) is 0.900. The number of alkyl halides is 3. The van der Waals surface area contributed by atoms with Gasteiger partial charge in [0.15, 0.2) is 10.1 Å². The molecule has 0 radical (unpaired) electrons. The van der Waals surface area contributed by atoms with Crippen LogP contribution in [0, 0.1) is 0 Å². The molecule has 0 aromatic heterocycles. The van der Waals surface area contributed by atoms with Crippen LogP contribution in [0.5, 0.6) is 0 Å². The van der Waals surface area contributed by atoms with E-state index >= 15 is 0 Å². The Morgan fingerprint density at radius 3 is 1.28 bits per heavy atom. The SMILES string of the molecule is C1CCC(P(C2CCCC2)C2CCCC2)C1.C=C(C)[CH2][Pd+].O=S(=O)([O-])C(F)(F)F. The van der Waals surface area contributed by atoms with Crippen LogP contribution in [0.2, 0.25) is 4.89 Å². The Bertz CT molecular complexity index is 542. The standard InChI is InChI=1S/C15H27P.C4H7.CHF3O3S.Pd/c1-2-8-13(7-1)16(14-9-3-4-10-14)15-11-5-6-12-15;1-4(2)3;2-1(3,4)8(5,6)7;/h13-15H,1-12H2;1-2H2,3H3;(H,5,6,7);/q;;;+1/p-1. The van der Waals surface area contributed by atoms with Gasteiger partial charge in [-0.3, -0.25) is 0 Å². The molecule has 0 bridgehead atoms. The van der Waals surface area contributed by atoms with Crippen molar-refractivity contribution in [3.05, 3.63) is 12.2 Å². The molecule has 3 saturated carbocycles. The number of hydrogen-bond acceptors (Lipinski definition) is 3. The van der Waals surface area contributed by atoms with Crippen LogP contribution in [0.25, 0.3) is 0 Å². The molecule has 0 amide bonds. The zero-order valence-corrected chi connectivity index (χ0v) is 20.4. The minimum atomic E-state index is -6.09. The second-order valence-corrected chi connectivity index (χ2v) is 13.2. The maximum absolute atomic E-state index is 10.7. The summed E-state index contributed by atoms with van der Waals surface area (Å²) in [5, 5.41) is 0. The van der Waals surface area contributed by atoms with Crippen molar-refractivity contribution in [1.29, 1.82) is 0 Å². The second-order valence-electron chi connectivity index (χ2n) is 8.23. The van der Waals surface area contributed by atoms with Gasteiger partial charge in [-0.1, -0.05) is 46.4 Å². The topological polar surface area (TPSA) is 57.2 Å². The van der Waals surface area contributed by atoms with E-state index in [0.717, 1.165) is 4.89 Å². The van der Waals surface area contributed by atoms with Crippen molar-refractivity contribution < 1.29 is 45.3 Å². The molecular formula is C20H34F3O3PPdS. The number of rotatable bonds is 4. The maximum atomic E-state index is 10.7. The van der Waals surface area contributed by atoms with E-state index < -0.39 is 15.6 Å². The van der Waals surface area contributed by atoms with Crippen molar-refractivity contribution in [3.8, 4) is 0 Å². The summed E-state index contributed by atoms with van der Waals surface area (Å²) in [5.41, 5.74) is -0.830. The van der Waals surface area contributed by atoms with E-state index in [1.807, 2.05) is 6.92 Å². The fourth-order valence-electron chi connectivity index (χ4n) is 4.50. The van der Waals surface area contributed by atoms with Crippen molar-refractivity contribution in [2.75, 3.05) is 0 Å². The molecule has 29 heavy (non-hydrogen) atoms. The Labute approximate surface area is 186 Å². The van der Waals surface area contributed by atoms with Crippen LogP contribution in [0.3, 0.4) is 0 Å². The minimum absolute atomic E-state index is 0.436. The first-order valence-electron chi connectivity index (χ1n) is 10.4. The molecular weight excluding hydrogens is 515 g/mol. The van der Waals surface area contributed by atoms with Crippen LogP contribution < -0.4 is 0 Å². The molecule has 0 aromatic rings. The van der Waals surface area contributed by atoms with E-state index in [1.54, 1.807) is 77.0 Å². The average Bonchev–Trinajstić information content (AvgIpc) is 3.39. The Hall–Kier alpha value is 0.532. The van der Waals surface area contributed by atoms with E-state index in [9.17, 15) is 13.2 Å². The third kappa shape index (κ3) is 10.1. The molecule has 174 valence electrons. The predicted octanol–water partition coefficient (Wildman–Crippen LogP) is 6.88. The summed E-state index contributed by atoms with van der Waals surface area (Å²) in [7, 11) is -5.65. The second kappa shape index (κ2) is 13.2. The number of hydrogen-bond donors (Lipinski definition) is 0. The number of halogens is 3. The van der Waals surface area contributed by atoms with Gasteiger partial charge in [-0.25, -0.2) is 8.42 Å². The monoisotopic (exact) mass is 548 g/mol. The molecule has 0 spiro atoms. The van der Waals surface area contributed by atoms with Gasteiger partial charge in [0, 0.05) is 0 Å².